The predicted octanol–water partition coefficient (Wildman–Crippen LogP) is 3.52. The molecular weight excluding hydrogens is 200 g/mol. The third-order valence-corrected chi connectivity index (χ3v) is 3.52. The van der Waals surface area contributed by atoms with Gasteiger partial charge in [0.1, 0.15) is 11.5 Å². The van der Waals surface area contributed by atoms with E-state index in [1.807, 2.05) is 6.07 Å². The van der Waals surface area contributed by atoms with E-state index in [4.69, 9.17) is 4.74 Å². The van der Waals surface area contributed by atoms with E-state index >= 15 is 0 Å². The summed E-state index contributed by atoms with van der Waals surface area (Å²) in [6.45, 7) is 0. The maximum atomic E-state index is 9.81. The van der Waals surface area contributed by atoms with Crippen LogP contribution < -0.4 is 4.74 Å². The zero-order valence-corrected chi connectivity index (χ0v) is 9.91. The van der Waals surface area contributed by atoms with Crippen molar-refractivity contribution in [3.05, 3.63) is 23.8 Å². The fraction of sp³-hybridized carbons (Fsp3) is 0.571. The van der Waals surface area contributed by atoms with Crippen LogP contribution in [0.25, 0.3) is 0 Å². The maximum absolute atomic E-state index is 9.81. The molecule has 0 heterocycles. The monoisotopic (exact) mass is 220 g/mol. The van der Waals surface area contributed by atoms with Crippen molar-refractivity contribution in [2.24, 2.45) is 5.92 Å². The Bertz CT molecular complexity index is 341. The van der Waals surface area contributed by atoms with Gasteiger partial charge in [-0.2, -0.15) is 0 Å². The summed E-state index contributed by atoms with van der Waals surface area (Å²) in [6, 6.07) is 5.50. The van der Waals surface area contributed by atoms with Gasteiger partial charge in [0.15, 0.2) is 0 Å². The highest BCUT2D eigenvalue weighted by atomic mass is 16.5. The number of hydrogen-bond donors (Lipinski definition) is 1. The van der Waals surface area contributed by atoms with Crippen molar-refractivity contribution in [1.82, 2.24) is 0 Å². The summed E-state index contributed by atoms with van der Waals surface area (Å²) in [5.74, 6) is 1.99. The molecule has 0 aromatic heterocycles. The van der Waals surface area contributed by atoms with Crippen molar-refractivity contribution in [2.45, 2.75) is 38.5 Å². The van der Waals surface area contributed by atoms with Gasteiger partial charge >= 0.3 is 0 Å². The van der Waals surface area contributed by atoms with Crippen molar-refractivity contribution >= 4 is 0 Å². The smallest absolute Gasteiger partial charge is 0.119 e. The van der Waals surface area contributed by atoms with Crippen molar-refractivity contribution < 1.29 is 9.84 Å². The quantitative estimate of drug-likeness (QED) is 0.844. The van der Waals surface area contributed by atoms with E-state index in [-0.39, 0.29) is 0 Å². The zero-order chi connectivity index (χ0) is 11.4. The first-order valence-electron chi connectivity index (χ1n) is 6.15. The van der Waals surface area contributed by atoms with Crippen LogP contribution in [0.1, 0.15) is 37.7 Å². The molecule has 0 amide bonds. The molecule has 1 saturated carbocycles. The van der Waals surface area contributed by atoms with E-state index in [2.05, 4.69) is 0 Å². The van der Waals surface area contributed by atoms with Gasteiger partial charge in [0.25, 0.3) is 0 Å². The van der Waals surface area contributed by atoms with Gasteiger partial charge in [-0.1, -0.05) is 32.1 Å². The Morgan fingerprint density at radius 1 is 1.25 bits per heavy atom. The zero-order valence-electron chi connectivity index (χ0n) is 9.91. The van der Waals surface area contributed by atoms with Gasteiger partial charge in [-0.3, -0.25) is 0 Å². The van der Waals surface area contributed by atoms with E-state index in [0.29, 0.717) is 5.75 Å². The number of benzene rings is 1. The topological polar surface area (TPSA) is 29.5 Å². The van der Waals surface area contributed by atoms with Gasteiger partial charge in [0.05, 0.1) is 7.11 Å². The number of phenols is 1. The Labute approximate surface area is 97.3 Å². The molecule has 0 saturated heterocycles. The van der Waals surface area contributed by atoms with Gasteiger partial charge in [-0.25, -0.2) is 0 Å². The molecule has 0 aliphatic heterocycles. The Hall–Kier alpha value is -1.18. The molecule has 0 radical (unpaired) electrons. The van der Waals surface area contributed by atoms with Crippen LogP contribution in [-0.4, -0.2) is 12.2 Å². The number of hydrogen-bond acceptors (Lipinski definition) is 2. The molecule has 2 heteroatoms. The van der Waals surface area contributed by atoms with E-state index in [1.165, 1.54) is 32.1 Å². The molecule has 0 bridgehead atoms. The number of phenolic OH excluding ortho intramolecular Hbond substituents is 1. The van der Waals surface area contributed by atoms with Crippen LogP contribution in [0.4, 0.5) is 0 Å². The van der Waals surface area contributed by atoms with Gasteiger partial charge in [-0.15, -0.1) is 0 Å². The maximum Gasteiger partial charge on any atom is 0.119 e. The van der Waals surface area contributed by atoms with Crippen molar-refractivity contribution in [3.8, 4) is 11.5 Å². The molecule has 0 unspecified atom stereocenters. The number of rotatable bonds is 3. The second-order valence-corrected chi connectivity index (χ2v) is 4.70. The third kappa shape index (κ3) is 2.69. The van der Waals surface area contributed by atoms with Crippen LogP contribution in [0.2, 0.25) is 0 Å². The van der Waals surface area contributed by atoms with Crippen LogP contribution in [0.15, 0.2) is 18.2 Å². The highest BCUT2D eigenvalue weighted by molar-refractivity contribution is 5.39. The lowest BCUT2D eigenvalue weighted by atomic mass is 9.84. The summed E-state index contributed by atoms with van der Waals surface area (Å²) in [7, 11) is 1.66. The molecule has 1 aliphatic rings. The molecule has 88 valence electrons. The molecule has 1 fully saturated rings. The van der Waals surface area contributed by atoms with Crippen molar-refractivity contribution in [1.29, 1.82) is 0 Å². The minimum atomic E-state index is 0.409. The summed E-state index contributed by atoms with van der Waals surface area (Å²) in [4.78, 5) is 0. The fourth-order valence-electron chi connectivity index (χ4n) is 2.55. The minimum Gasteiger partial charge on any atom is -0.508 e. The van der Waals surface area contributed by atoms with Crippen LogP contribution in [0.3, 0.4) is 0 Å². The summed E-state index contributed by atoms with van der Waals surface area (Å²) in [5, 5.41) is 9.81. The predicted molar refractivity (Wildman–Crippen MR) is 64.9 cm³/mol. The molecule has 0 atom stereocenters. The highest BCUT2D eigenvalue weighted by Crippen LogP contribution is 2.31. The van der Waals surface area contributed by atoms with Crippen molar-refractivity contribution in [3.63, 3.8) is 0 Å². The Morgan fingerprint density at radius 2 is 2.00 bits per heavy atom. The van der Waals surface area contributed by atoms with E-state index in [1.54, 1.807) is 19.2 Å². The molecule has 2 rings (SSSR count). The standard InChI is InChI=1S/C14H20O2/c1-16-13-7-8-14(15)12(10-13)9-11-5-3-2-4-6-11/h7-8,10-11,15H,2-6,9H2,1H3. The lowest BCUT2D eigenvalue weighted by Gasteiger charge is -2.22. The molecule has 0 spiro atoms. The van der Waals surface area contributed by atoms with E-state index in [0.717, 1.165) is 23.7 Å². The van der Waals surface area contributed by atoms with Crippen LogP contribution in [-0.2, 0) is 6.42 Å². The first-order chi connectivity index (χ1) is 7.79. The lowest BCUT2D eigenvalue weighted by molar-refractivity contribution is 0.350. The van der Waals surface area contributed by atoms with Crippen LogP contribution in [0, 0.1) is 5.92 Å². The van der Waals surface area contributed by atoms with E-state index in [9.17, 15) is 5.11 Å². The average Bonchev–Trinajstić information content (AvgIpc) is 2.33. The van der Waals surface area contributed by atoms with Crippen LogP contribution >= 0.6 is 0 Å². The molecule has 1 aromatic carbocycles. The largest absolute Gasteiger partial charge is 0.508 e. The van der Waals surface area contributed by atoms with E-state index < -0.39 is 0 Å². The number of methoxy groups -OCH3 is 1. The average molecular weight is 220 g/mol. The Balaban J connectivity index is 2.06. The Kier molecular flexibility index (Phi) is 3.70. The number of aromatic hydroxyl groups is 1. The molecule has 1 aromatic rings. The Morgan fingerprint density at radius 3 is 2.69 bits per heavy atom. The fourth-order valence-corrected chi connectivity index (χ4v) is 2.55. The summed E-state index contributed by atoms with van der Waals surface area (Å²) >= 11 is 0. The molecule has 16 heavy (non-hydrogen) atoms. The third-order valence-electron chi connectivity index (χ3n) is 3.52. The summed E-state index contributed by atoms with van der Waals surface area (Å²) in [6.07, 6.45) is 7.65. The van der Waals surface area contributed by atoms with Crippen LogP contribution in [0.5, 0.6) is 11.5 Å². The van der Waals surface area contributed by atoms with Gasteiger partial charge in [-0.05, 0) is 36.1 Å². The van der Waals surface area contributed by atoms with Crippen molar-refractivity contribution in [2.75, 3.05) is 7.11 Å². The summed E-state index contributed by atoms with van der Waals surface area (Å²) < 4.78 is 5.19. The van der Waals surface area contributed by atoms with Gasteiger partial charge in [0, 0.05) is 0 Å². The molecular formula is C14H20O2. The highest BCUT2D eigenvalue weighted by Gasteiger charge is 2.15. The van der Waals surface area contributed by atoms with Gasteiger partial charge in [0.2, 0.25) is 0 Å². The number of ether oxygens (including phenoxy) is 1. The normalized spacial score (nSPS) is 17.3. The first kappa shape index (κ1) is 11.3. The SMILES string of the molecule is COc1ccc(O)c(CC2CCCCC2)c1. The lowest BCUT2D eigenvalue weighted by Crippen LogP contribution is -2.09. The van der Waals surface area contributed by atoms with Gasteiger partial charge < -0.3 is 9.84 Å². The minimum absolute atomic E-state index is 0.409. The first-order valence-corrected chi connectivity index (χ1v) is 6.15. The second-order valence-electron chi connectivity index (χ2n) is 4.70. The second kappa shape index (κ2) is 5.24. The summed E-state index contributed by atoms with van der Waals surface area (Å²) in [5.41, 5.74) is 1.03. The molecule has 2 nitrogen and oxygen atoms in total. The molecule has 1 aliphatic carbocycles. The molecule has 1 N–H and O–H groups in total.